The molecule has 2 aliphatic rings. The van der Waals surface area contributed by atoms with Gasteiger partial charge in [0.1, 0.15) is 0 Å². The predicted molar refractivity (Wildman–Crippen MR) is 86.6 cm³/mol. The second-order valence-electron chi connectivity index (χ2n) is 6.94. The molecule has 0 aromatic heterocycles. The lowest BCUT2D eigenvalue weighted by Gasteiger charge is -2.49. The first-order chi connectivity index (χ1) is 10.2. The monoisotopic (exact) mass is 298 g/mol. The van der Waals surface area contributed by atoms with Gasteiger partial charge in [-0.3, -0.25) is 0 Å². The fourth-order valence-corrected chi connectivity index (χ4v) is 3.92. The van der Waals surface area contributed by atoms with Gasteiger partial charge in [0.05, 0.1) is 13.2 Å². The van der Waals surface area contributed by atoms with Crippen molar-refractivity contribution in [2.45, 2.75) is 51.6 Å². The van der Waals surface area contributed by atoms with E-state index in [1.54, 1.807) is 7.11 Å². The second kappa shape index (κ2) is 9.09. The Bertz CT molecular complexity index is 272. The SMILES string of the molecule is COCCOCCCNC1C2CCCC1CN(C(C)C)C2. The summed E-state index contributed by atoms with van der Waals surface area (Å²) in [5.41, 5.74) is 0. The van der Waals surface area contributed by atoms with Gasteiger partial charge in [-0.15, -0.1) is 0 Å². The van der Waals surface area contributed by atoms with Crippen LogP contribution in [0.15, 0.2) is 0 Å². The van der Waals surface area contributed by atoms with Crippen LogP contribution in [0.5, 0.6) is 0 Å². The van der Waals surface area contributed by atoms with Crippen molar-refractivity contribution < 1.29 is 9.47 Å². The number of nitrogens with zero attached hydrogens (tertiary/aromatic N) is 1. The first-order valence-electron chi connectivity index (χ1n) is 8.76. The summed E-state index contributed by atoms with van der Waals surface area (Å²) in [7, 11) is 1.72. The normalized spacial score (nSPS) is 30.0. The van der Waals surface area contributed by atoms with Crippen molar-refractivity contribution in [3.05, 3.63) is 0 Å². The molecule has 0 aromatic rings. The number of fused-ring (bicyclic) bond motifs is 2. The molecule has 4 heteroatoms. The maximum atomic E-state index is 5.53. The van der Waals surface area contributed by atoms with Crippen LogP contribution in [0.4, 0.5) is 0 Å². The Kier molecular flexibility index (Phi) is 7.44. The van der Waals surface area contributed by atoms with Gasteiger partial charge in [0.25, 0.3) is 0 Å². The Morgan fingerprint density at radius 3 is 2.43 bits per heavy atom. The number of rotatable bonds is 9. The van der Waals surface area contributed by atoms with Crippen molar-refractivity contribution in [2.75, 3.05) is 46.6 Å². The molecule has 1 heterocycles. The van der Waals surface area contributed by atoms with Crippen LogP contribution in [-0.2, 0) is 9.47 Å². The number of likely N-dealkylation sites (tertiary alicyclic amines) is 1. The van der Waals surface area contributed by atoms with E-state index in [0.29, 0.717) is 19.3 Å². The summed E-state index contributed by atoms with van der Waals surface area (Å²) in [6.07, 6.45) is 5.34. The number of ether oxygens (including phenoxy) is 2. The predicted octanol–water partition coefficient (Wildman–Crippen LogP) is 2.14. The average Bonchev–Trinajstić information content (AvgIpc) is 2.45. The summed E-state index contributed by atoms with van der Waals surface area (Å²) >= 11 is 0. The van der Waals surface area contributed by atoms with Crippen LogP contribution in [0.25, 0.3) is 0 Å². The summed E-state index contributed by atoms with van der Waals surface area (Å²) in [5, 5.41) is 3.84. The van der Waals surface area contributed by atoms with Crippen molar-refractivity contribution in [2.24, 2.45) is 11.8 Å². The minimum Gasteiger partial charge on any atom is -0.382 e. The van der Waals surface area contributed by atoms with E-state index in [1.807, 2.05) is 0 Å². The minimum atomic E-state index is 0.697. The van der Waals surface area contributed by atoms with Gasteiger partial charge in [0.2, 0.25) is 0 Å². The number of hydrogen-bond acceptors (Lipinski definition) is 4. The van der Waals surface area contributed by atoms with Gasteiger partial charge in [-0.05, 0) is 51.5 Å². The van der Waals surface area contributed by atoms with E-state index < -0.39 is 0 Å². The first kappa shape index (κ1) is 17.2. The van der Waals surface area contributed by atoms with E-state index >= 15 is 0 Å². The molecule has 2 bridgehead atoms. The fraction of sp³-hybridized carbons (Fsp3) is 1.00. The molecule has 0 radical (unpaired) electrons. The van der Waals surface area contributed by atoms with Gasteiger partial charge in [-0.2, -0.15) is 0 Å². The summed E-state index contributed by atoms with van der Waals surface area (Å²) in [6.45, 7) is 10.6. The number of methoxy groups -OCH3 is 1. The van der Waals surface area contributed by atoms with Crippen molar-refractivity contribution in [1.82, 2.24) is 10.2 Å². The minimum absolute atomic E-state index is 0.697. The number of hydrogen-bond donors (Lipinski definition) is 1. The third-order valence-electron chi connectivity index (χ3n) is 5.11. The Labute approximate surface area is 130 Å². The molecular formula is C17H34N2O2. The summed E-state index contributed by atoms with van der Waals surface area (Å²) < 4.78 is 10.5. The molecule has 4 nitrogen and oxygen atoms in total. The molecule has 1 aliphatic carbocycles. The molecule has 1 N–H and O–H groups in total. The Hall–Kier alpha value is -0.160. The maximum absolute atomic E-state index is 5.53. The molecule has 21 heavy (non-hydrogen) atoms. The topological polar surface area (TPSA) is 33.7 Å². The maximum Gasteiger partial charge on any atom is 0.0700 e. The summed E-state index contributed by atoms with van der Waals surface area (Å²) in [4.78, 5) is 2.68. The number of piperidine rings is 1. The van der Waals surface area contributed by atoms with Gasteiger partial charge < -0.3 is 19.7 Å². The van der Waals surface area contributed by atoms with E-state index in [4.69, 9.17) is 9.47 Å². The van der Waals surface area contributed by atoms with Gasteiger partial charge in [-0.1, -0.05) is 6.42 Å². The molecule has 0 aromatic carbocycles. The van der Waals surface area contributed by atoms with Crippen LogP contribution in [0.3, 0.4) is 0 Å². The zero-order chi connectivity index (χ0) is 15.1. The quantitative estimate of drug-likeness (QED) is 0.661. The van der Waals surface area contributed by atoms with Crippen LogP contribution >= 0.6 is 0 Å². The third kappa shape index (κ3) is 5.20. The lowest BCUT2D eigenvalue weighted by molar-refractivity contribution is 0.0276. The molecule has 2 fully saturated rings. The molecule has 1 saturated carbocycles. The van der Waals surface area contributed by atoms with Crippen LogP contribution in [0, 0.1) is 11.8 Å². The van der Waals surface area contributed by atoms with E-state index in [9.17, 15) is 0 Å². The lowest BCUT2D eigenvalue weighted by Crippen LogP contribution is -2.58. The standard InChI is InChI=1S/C17H34N2O2/c1-14(2)19-12-15-6-4-7-16(13-19)17(15)18-8-5-9-21-11-10-20-3/h14-18H,4-13H2,1-3H3. The highest BCUT2D eigenvalue weighted by Gasteiger charge is 2.39. The van der Waals surface area contributed by atoms with Crippen LogP contribution in [-0.4, -0.2) is 63.5 Å². The molecule has 2 rings (SSSR count). The van der Waals surface area contributed by atoms with E-state index in [-0.39, 0.29) is 0 Å². The first-order valence-corrected chi connectivity index (χ1v) is 8.76. The molecular weight excluding hydrogens is 264 g/mol. The Balaban J connectivity index is 1.66. The van der Waals surface area contributed by atoms with Crippen LogP contribution < -0.4 is 5.32 Å². The van der Waals surface area contributed by atoms with E-state index in [2.05, 4.69) is 24.1 Å². The molecule has 124 valence electrons. The highest BCUT2D eigenvalue weighted by atomic mass is 16.5. The van der Waals surface area contributed by atoms with Gasteiger partial charge in [-0.25, -0.2) is 0 Å². The summed E-state index contributed by atoms with van der Waals surface area (Å²) in [5.74, 6) is 1.71. The van der Waals surface area contributed by atoms with Gasteiger partial charge >= 0.3 is 0 Å². The zero-order valence-electron chi connectivity index (χ0n) is 14.1. The smallest absolute Gasteiger partial charge is 0.0700 e. The zero-order valence-corrected chi connectivity index (χ0v) is 14.1. The fourth-order valence-electron chi connectivity index (χ4n) is 3.92. The van der Waals surface area contributed by atoms with Crippen LogP contribution in [0.2, 0.25) is 0 Å². The van der Waals surface area contributed by atoms with Gasteiger partial charge in [0, 0.05) is 38.9 Å². The summed E-state index contributed by atoms with van der Waals surface area (Å²) in [6, 6.07) is 1.44. The van der Waals surface area contributed by atoms with Crippen LogP contribution in [0.1, 0.15) is 39.5 Å². The van der Waals surface area contributed by atoms with Crippen molar-refractivity contribution in [1.29, 1.82) is 0 Å². The number of nitrogens with one attached hydrogen (secondary N) is 1. The second-order valence-corrected chi connectivity index (χ2v) is 6.94. The van der Waals surface area contributed by atoms with Crippen molar-refractivity contribution >= 4 is 0 Å². The Morgan fingerprint density at radius 1 is 1.10 bits per heavy atom. The Morgan fingerprint density at radius 2 is 1.81 bits per heavy atom. The lowest BCUT2D eigenvalue weighted by atomic mass is 9.73. The van der Waals surface area contributed by atoms with Crippen molar-refractivity contribution in [3.63, 3.8) is 0 Å². The van der Waals surface area contributed by atoms with E-state index in [1.165, 1.54) is 32.4 Å². The molecule has 1 saturated heterocycles. The molecule has 1 aliphatic heterocycles. The average molecular weight is 298 g/mol. The third-order valence-corrected chi connectivity index (χ3v) is 5.11. The highest BCUT2D eigenvalue weighted by molar-refractivity contribution is 4.95. The molecule has 0 spiro atoms. The molecule has 2 atom stereocenters. The highest BCUT2D eigenvalue weighted by Crippen LogP contribution is 2.35. The van der Waals surface area contributed by atoms with Gasteiger partial charge in [0.15, 0.2) is 0 Å². The molecule has 0 amide bonds. The molecule has 2 unspecified atom stereocenters. The van der Waals surface area contributed by atoms with Crippen molar-refractivity contribution in [3.8, 4) is 0 Å². The van der Waals surface area contributed by atoms with E-state index in [0.717, 1.165) is 37.5 Å². The largest absolute Gasteiger partial charge is 0.382 e.